The molecule has 5 nitrogen and oxygen atoms in total. The summed E-state index contributed by atoms with van der Waals surface area (Å²) < 4.78 is 0. The molecule has 1 rings (SSSR count). The minimum Gasteiger partial charge on any atom is -0.389 e. The van der Waals surface area contributed by atoms with Gasteiger partial charge in [0.15, 0.2) is 5.57 Å². The fourth-order valence-electron chi connectivity index (χ4n) is 1.22. The summed E-state index contributed by atoms with van der Waals surface area (Å²) in [6.07, 6.45) is 0. The van der Waals surface area contributed by atoms with Crippen LogP contribution in [-0.4, -0.2) is 4.99 Å². The third-order valence-corrected chi connectivity index (χ3v) is 2.62. The lowest BCUT2D eigenvalue weighted by molar-refractivity contribution is 1.37. The second-order valence-corrected chi connectivity index (χ2v) is 4.12. The molecule has 0 aliphatic carbocycles. The Labute approximate surface area is 120 Å². The maximum Gasteiger partial charge on any atom is 0.163 e. The van der Waals surface area contributed by atoms with Gasteiger partial charge in [-0.25, -0.2) is 0 Å². The van der Waals surface area contributed by atoms with Crippen LogP contribution in [0.4, 0.5) is 5.69 Å². The lowest BCUT2D eigenvalue weighted by atomic mass is 10.2. The summed E-state index contributed by atoms with van der Waals surface area (Å²) in [7, 11) is 0. The van der Waals surface area contributed by atoms with Crippen molar-refractivity contribution in [1.29, 1.82) is 15.8 Å². The molecule has 0 saturated carbocycles. The highest BCUT2D eigenvalue weighted by molar-refractivity contribution is 7.80. The van der Waals surface area contributed by atoms with Crippen molar-refractivity contribution in [2.24, 2.45) is 5.73 Å². The second-order valence-electron chi connectivity index (χ2n) is 3.27. The summed E-state index contributed by atoms with van der Waals surface area (Å²) in [6, 6.07) is 9.66. The van der Waals surface area contributed by atoms with Crippen molar-refractivity contribution < 1.29 is 0 Å². The Hall–Kier alpha value is -2.59. The van der Waals surface area contributed by atoms with E-state index in [9.17, 15) is 0 Å². The number of nitrogens with zero attached hydrogens (tertiary/aromatic N) is 3. The molecule has 0 bridgehead atoms. The van der Waals surface area contributed by atoms with E-state index in [0.717, 1.165) is 0 Å². The summed E-state index contributed by atoms with van der Waals surface area (Å²) in [5.41, 5.74) is 5.96. The van der Waals surface area contributed by atoms with Crippen molar-refractivity contribution >= 4 is 34.5 Å². The summed E-state index contributed by atoms with van der Waals surface area (Å²) in [4.78, 5) is 0.155. The van der Waals surface area contributed by atoms with Crippen LogP contribution in [0.15, 0.2) is 29.5 Å². The summed E-state index contributed by atoms with van der Waals surface area (Å²) in [6.45, 7) is 0. The van der Waals surface area contributed by atoms with E-state index in [1.165, 1.54) is 6.07 Å². The molecule has 0 saturated heterocycles. The van der Waals surface area contributed by atoms with Crippen molar-refractivity contribution in [3.8, 4) is 18.2 Å². The normalized spacial score (nSPS) is 8.53. The molecular weight excluding hydrogens is 282 g/mol. The van der Waals surface area contributed by atoms with Crippen molar-refractivity contribution in [3.63, 3.8) is 0 Å². The average molecular weight is 288 g/mol. The topological polar surface area (TPSA) is 109 Å². The molecule has 92 valence electrons. The Morgan fingerprint density at radius 2 is 1.84 bits per heavy atom. The molecule has 0 heterocycles. The number of nitrogens with one attached hydrogen (secondary N) is 1. The van der Waals surface area contributed by atoms with Crippen LogP contribution in [0, 0.1) is 34.0 Å². The fourth-order valence-corrected chi connectivity index (χ4v) is 1.74. The number of hydrogen-bond acceptors (Lipinski definition) is 5. The molecule has 3 N–H and O–H groups in total. The number of nitrogens with two attached hydrogens (primary N) is 1. The molecule has 0 aromatic heterocycles. The zero-order chi connectivity index (χ0) is 14.4. The number of rotatable bonds is 3. The number of anilines is 1. The minimum absolute atomic E-state index is 0.149. The first kappa shape index (κ1) is 14.5. The van der Waals surface area contributed by atoms with Gasteiger partial charge in [0, 0.05) is 11.3 Å². The predicted octanol–water partition coefficient (Wildman–Crippen LogP) is 2.21. The monoisotopic (exact) mass is 287 g/mol. The van der Waals surface area contributed by atoms with Crippen LogP contribution in [0.1, 0.15) is 5.56 Å². The van der Waals surface area contributed by atoms with Crippen LogP contribution in [-0.2, 0) is 0 Å². The van der Waals surface area contributed by atoms with Gasteiger partial charge in [-0.05, 0) is 18.2 Å². The third-order valence-electron chi connectivity index (χ3n) is 2.09. The molecule has 19 heavy (non-hydrogen) atoms. The molecule has 0 radical (unpaired) electrons. The van der Waals surface area contributed by atoms with Crippen LogP contribution in [0.5, 0.6) is 0 Å². The average Bonchev–Trinajstić information content (AvgIpc) is 2.38. The smallest absolute Gasteiger partial charge is 0.163 e. The van der Waals surface area contributed by atoms with Gasteiger partial charge in [-0.1, -0.05) is 23.8 Å². The van der Waals surface area contributed by atoms with E-state index >= 15 is 0 Å². The quantitative estimate of drug-likeness (QED) is 0.651. The molecule has 0 aliphatic rings. The van der Waals surface area contributed by atoms with Gasteiger partial charge in [-0.2, -0.15) is 15.8 Å². The lowest BCUT2D eigenvalue weighted by Crippen LogP contribution is -2.10. The largest absolute Gasteiger partial charge is 0.389 e. The Bertz CT molecular complexity index is 672. The number of hydrogen-bond donors (Lipinski definition) is 2. The predicted molar refractivity (Wildman–Crippen MR) is 74.8 cm³/mol. The number of allylic oxidation sites excluding steroid dienone is 2. The molecule has 1 aromatic rings. The maximum absolute atomic E-state index is 8.89. The Morgan fingerprint density at radius 3 is 2.26 bits per heavy atom. The Morgan fingerprint density at radius 1 is 1.21 bits per heavy atom. The van der Waals surface area contributed by atoms with E-state index in [0.29, 0.717) is 16.3 Å². The molecule has 0 spiro atoms. The molecule has 0 fully saturated rings. The Balaban J connectivity index is 3.16. The highest BCUT2D eigenvalue weighted by atomic mass is 35.5. The SMILES string of the molecule is N#CC(C#N)=C(C#N)Nc1ccc(C(N)=S)c(Cl)c1. The second kappa shape index (κ2) is 6.37. The van der Waals surface area contributed by atoms with Gasteiger partial charge in [0.2, 0.25) is 0 Å². The van der Waals surface area contributed by atoms with Crippen LogP contribution in [0.25, 0.3) is 0 Å². The molecular formula is C12H6ClN5S. The van der Waals surface area contributed by atoms with Crippen molar-refractivity contribution in [2.45, 2.75) is 0 Å². The highest BCUT2D eigenvalue weighted by Gasteiger charge is 2.08. The standard InChI is InChI=1S/C12H6ClN5S/c13-10-3-8(1-2-9(10)12(17)19)18-11(6-16)7(4-14)5-15/h1-3,18H,(H2,17,19). The molecule has 7 heteroatoms. The van der Waals surface area contributed by atoms with Gasteiger partial charge in [0.25, 0.3) is 0 Å². The summed E-state index contributed by atoms with van der Waals surface area (Å²) >= 11 is 10.8. The molecule has 0 unspecified atom stereocenters. The van der Waals surface area contributed by atoms with E-state index in [4.69, 9.17) is 45.3 Å². The summed E-state index contributed by atoms with van der Waals surface area (Å²) in [5, 5.41) is 29.2. The zero-order valence-corrected chi connectivity index (χ0v) is 11.0. The maximum atomic E-state index is 8.89. The van der Waals surface area contributed by atoms with E-state index in [1.54, 1.807) is 30.3 Å². The van der Waals surface area contributed by atoms with Crippen LogP contribution >= 0.6 is 23.8 Å². The molecule has 0 atom stereocenters. The first-order chi connectivity index (χ1) is 9.03. The van der Waals surface area contributed by atoms with Gasteiger partial charge >= 0.3 is 0 Å². The Kier molecular flexibility index (Phi) is 4.85. The van der Waals surface area contributed by atoms with Crippen molar-refractivity contribution in [2.75, 3.05) is 5.32 Å². The summed E-state index contributed by atoms with van der Waals surface area (Å²) in [5.74, 6) is 0. The highest BCUT2D eigenvalue weighted by Crippen LogP contribution is 2.22. The number of thiocarbonyl (C=S) groups is 1. The van der Waals surface area contributed by atoms with E-state index < -0.39 is 0 Å². The first-order valence-electron chi connectivity index (χ1n) is 4.84. The minimum atomic E-state index is -0.308. The van der Waals surface area contributed by atoms with Crippen LogP contribution in [0.3, 0.4) is 0 Å². The first-order valence-corrected chi connectivity index (χ1v) is 5.63. The van der Waals surface area contributed by atoms with Gasteiger partial charge in [-0.15, -0.1) is 0 Å². The molecule has 0 amide bonds. The van der Waals surface area contributed by atoms with E-state index in [1.807, 2.05) is 0 Å². The van der Waals surface area contributed by atoms with Gasteiger partial charge < -0.3 is 11.1 Å². The van der Waals surface area contributed by atoms with Crippen molar-refractivity contribution in [1.82, 2.24) is 0 Å². The number of nitriles is 3. The molecule has 1 aromatic carbocycles. The number of halogens is 1. The van der Waals surface area contributed by atoms with Gasteiger partial charge in [-0.3, -0.25) is 0 Å². The molecule has 0 aliphatic heterocycles. The van der Waals surface area contributed by atoms with Gasteiger partial charge in [0.1, 0.15) is 28.9 Å². The van der Waals surface area contributed by atoms with Crippen LogP contribution in [0.2, 0.25) is 5.02 Å². The third kappa shape index (κ3) is 3.43. The van der Waals surface area contributed by atoms with Crippen LogP contribution < -0.4 is 11.1 Å². The van der Waals surface area contributed by atoms with E-state index in [-0.39, 0.29) is 16.3 Å². The van der Waals surface area contributed by atoms with Gasteiger partial charge in [0.05, 0.1) is 5.02 Å². The van der Waals surface area contributed by atoms with E-state index in [2.05, 4.69) is 5.32 Å². The fraction of sp³-hybridized carbons (Fsp3) is 0. The van der Waals surface area contributed by atoms with Crippen molar-refractivity contribution in [3.05, 3.63) is 40.1 Å². The zero-order valence-electron chi connectivity index (χ0n) is 9.44. The lowest BCUT2D eigenvalue weighted by Gasteiger charge is -2.07. The number of benzene rings is 1.